The summed E-state index contributed by atoms with van der Waals surface area (Å²) in [5.74, 6) is 0. The average molecular weight is 336 g/mol. The first kappa shape index (κ1) is 14.5. The summed E-state index contributed by atoms with van der Waals surface area (Å²) in [6.07, 6.45) is 3.55. The van der Waals surface area contributed by atoms with Crippen LogP contribution >= 0.6 is 15.9 Å². The standard InChI is InChI=1S/C14H14BrN3O2/c1-17(10-11-3-2-6-16-9-11)13-4-5-14(18(19)20)12(7-13)8-15/h2-7,9H,8,10H2,1H3. The van der Waals surface area contributed by atoms with Crippen LogP contribution in [-0.2, 0) is 11.9 Å². The van der Waals surface area contributed by atoms with E-state index in [0.717, 1.165) is 11.3 Å². The maximum Gasteiger partial charge on any atom is 0.273 e. The molecule has 1 aromatic heterocycles. The van der Waals surface area contributed by atoms with Crippen molar-refractivity contribution < 1.29 is 4.92 Å². The van der Waals surface area contributed by atoms with Crippen LogP contribution in [0.4, 0.5) is 11.4 Å². The molecule has 0 aliphatic rings. The maximum absolute atomic E-state index is 10.9. The SMILES string of the molecule is CN(Cc1cccnc1)c1ccc([N+](=O)[O-])c(CBr)c1. The monoisotopic (exact) mass is 335 g/mol. The third-order valence-electron chi connectivity index (χ3n) is 2.99. The normalized spacial score (nSPS) is 10.3. The smallest absolute Gasteiger partial charge is 0.273 e. The van der Waals surface area contributed by atoms with Gasteiger partial charge in [0.25, 0.3) is 5.69 Å². The molecular formula is C14H14BrN3O2. The van der Waals surface area contributed by atoms with E-state index < -0.39 is 0 Å². The zero-order chi connectivity index (χ0) is 14.5. The number of hydrogen-bond acceptors (Lipinski definition) is 4. The quantitative estimate of drug-likeness (QED) is 0.476. The largest absolute Gasteiger partial charge is 0.370 e. The lowest BCUT2D eigenvalue weighted by Crippen LogP contribution is -2.16. The number of anilines is 1. The van der Waals surface area contributed by atoms with E-state index in [0.29, 0.717) is 17.4 Å². The molecule has 1 aromatic carbocycles. The Hall–Kier alpha value is -1.95. The highest BCUT2D eigenvalue weighted by Crippen LogP contribution is 2.27. The zero-order valence-corrected chi connectivity index (χ0v) is 12.6. The number of nitrogens with zero attached hydrogens (tertiary/aromatic N) is 3. The number of alkyl halides is 1. The van der Waals surface area contributed by atoms with Crippen LogP contribution in [-0.4, -0.2) is 17.0 Å². The van der Waals surface area contributed by atoms with E-state index in [1.165, 1.54) is 0 Å². The minimum atomic E-state index is -0.360. The number of nitro benzene ring substituents is 1. The average Bonchev–Trinajstić information content (AvgIpc) is 2.47. The number of pyridine rings is 1. The molecule has 1 heterocycles. The fourth-order valence-electron chi connectivity index (χ4n) is 1.95. The molecule has 5 nitrogen and oxygen atoms in total. The zero-order valence-electron chi connectivity index (χ0n) is 11.0. The van der Waals surface area contributed by atoms with Gasteiger partial charge < -0.3 is 4.90 Å². The van der Waals surface area contributed by atoms with Crippen LogP contribution in [0, 0.1) is 10.1 Å². The van der Waals surface area contributed by atoms with Crippen LogP contribution in [0.3, 0.4) is 0 Å². The predicted molar refractivity (Wildman–Crippen MR) is 82.1 cm³/mol. The first-order valence-corrected chi connectivity index (χ1v) is 7.17. The van der Waals surface area contributed by atoms with Gasteiger partial charge in [0, 0.05) is 48.6 Å². The molecule has 0 aliphatic heterocycles. The van der Waals surface area contributed by atoms with E-state index >= 15 is 0 Å². The Balaban J connectivity index is 2.22. The lowest BCUT2D eigenvalue weighted by Gasteiger charge is -2.19. The molecule has 6 heteroatoms. The van der Waals surface area contributed by atoms with Crippen LogP contribution in [0.15, 0.2) is 42.7 Å². The first-order valence-electron chi connectivity index (χ1n) is 6.05. The van der Waals surface area contributed by atoms with Gasteiger partial charge in [0.1, 0.15) is 0 Å². The van der Waals surface area contributed by atoms with Crippen molar-refractivity contribution in [2.75, 3.05) is 11.9 Å². The Kier molecular flexibility index (Phi) is 4.68. The lowest BCUT2D eigenvalue weighted by molar-refractivity contribution is -0.385. The Bertz CT molecular complexity index is 605. The van der Waals surface area contributed by atoms with Crippen LogP contribution in [0.5, 0.6) is 0 Å². The summed E-state index contributed by atoms with van der Waals surface area (Å²) in [6.45, 7) is 0.702. The lowest BCUT2D eigenvalue weighted by atomic mass is 10.1. The van der Waals surface area contributed by atoms with E-state index in [2.05, 4.69) is 20.9 Å². The van der Waals surface area contributed by atoms with Crippen molar-refractivity contribution in [3.05, 3.63) is 64.0 Å². The summed E-state index contributed by atoms with van der Waals surface area (Å²) in [5.41, 5.74) is 2.84. The van der Waals surface area contributed by atoms with Gasteiger partial charge in [0.2, 0.25) is 0 Å². The molecule has 0 atom stereocenters. The number of nitro groups is 1. The molecule has 0 aliphatic carbocycles. The molecule has 2 rings (SSSR count). The van der Waals surface area contributed by atoms with E-state index in [9.17, 15) is 10.1 Å². The summed E-state index contributed by atoms with van der Waals surface area (Å²) in [6, 6.07) is 9.04. The summed E-state index contributed by atoms with van der Waals surface area (Å²) < 4.78 is 0. The van der Waals surface area contributed by atoms with Gasteiger partial charge in [0.15, 0.2) is 0 Å². The molecule has 0 unspecified atom stereocenters. The summed E-state index contributed by atoms with van der Waals surface area (Å²) >= 11 is 3.29. The molecule has 0 bridgehead atoms. The number of halogens is 1. The Morgan fingerprint density at radius 3 is 2.80 bits per heavy atom. The van der Waals surface area contributed by atoms with Crippen molar-refractivity contribution >= 4 is 27.3 Å². The van der Waals surface area contributed by atoms with Gasteiger partial charge in [-0.3, -0.25) is 15.1 Å². The van der Waals surface area contributed by atoms with Gasteiger partial charge in [-0.2, -0.15) is 0 Å². The Labute approximate surface area is 125 Å². The van der Waals surface area contributed by atoms with Crippen molar-refractivity contribution in [2.45, 2.75) is 11.9 Å². The van der Waals surface area contributed by atoms with Gasteiger partial charge in [0.05, 0.1) is 4.92 Å². The van der Waals surface area contributed by atoms with Gasteiger partial charge in [-0.25, -0.2) is 0 Å². The van der Waals surface area contributed by atoms with E-state index in [4.69, 9.17) is 0 Å². The van der Waals surface area contributed by atoms with E-state index in [1.807, 2.05) is 36.3 Å². The van der Waals surface area contributed by atoms with Crippen molar-refractivity contribution in [1.82, 2.24) is 4.98 Å². The molecule has 0 radical (unpaired) electrons. The van der Waals surface area contributed by atoms with Crippen molar-refractivity contribution in [2.24, 2.45) is 0 Å². The summed E-state index contributed by atoms with van der Waals surface area (Å²) in [4.78, 5) is 16.7. The summed E-state index contributed by atoms with van der Waals surface area (Å²) in [5, 5.41) is 11.4. The van der Waals surface area contributed by atoms with Gasteiger partial charge in [-0.05, 0) is 23.8 Å². The van der Waals surface area contributed by atoms with Gasteiger partial charge in [-0.1, -0.05) is 22.0 Å². The predicted octanol–water partition coefficient (Wildman–Crippen LogP) is 3.52. The maximum atomic E-state index is 10.9. The molecule has 0 N–H and O–H groups in total. The molecule has 0 amide bonds. The van der Waals surface area contributed by atoms with Crippen LogP contribution in [0.25, 0.3) is 0 Å². The summed E-state index contributed by atoms with van der Waals surface area (Å²) in [7, 11) is 1.95. The number of rotatable bonds is 5. The molecule has 0 saturated heterocycles. The third kappa shape index (κ3) is 3.33. The number of benzene rings is 1. The number of aromatic nitrogens is 1. The molecule has 104 valence electrons. The highest BCUT2D eigenvalue weighted by atomic mass is 79.9. The van der Waals surface area contributed by atoms with Crippen LogP contribution < -0.4 is 4.90 Å². The van der Waals surface area contributed by atoms with Gasteiger partial charge >= 0.3 is 0 Å². The number of hydrogen-bond donors (Lipinski definition) is 0. The van der Waals surface area contributed by atoms with Gasteiger partial charge in [-0.15, -0.1) is 0 Å². The molecule has 20 heavy (non-hydrogen) atoms. The highest BCUT2D eigenvalue weighted by Gasteiger charge is 2.14. The molecule has 0 saturated carbocycles. The Morgan fingerprint density at radius 1 is 1.40 bits per heavy atom. The van der Waals surface area contributed by atoms with E-state index in [-0.39, 0.29) is 10.6 Å². The van der Waals surface area contributed by atoms with Crippen LogP contribution in [0.1, 0.15) is 11.1 Å². The second kappa shape index (κ2) is 6.47. The third-order valence-corrected chi connectivity index (χ3v) is 3.59. The van der Waals surface area contributed by atoms with Crippen molar-refractivity contribution in [3.8, 4) is 0 Å². The van der Waals surface area contributed by atoms with Crippen molar-refractivity contribution in [3.63, 3.8) is 0 Å². The fraction of sp³-hybridized carbons (Fsp3) is 0.214. The fourth-order valence-corrected chi connectivity index (χ4v) is 2.40. The molecule has 2 aromatic rings. The topological polar surface area (TPSA) is 59.3 Å². The second-order valence-electron chi connectivity index (χ2n) is 4.42. The molecule has 0 fully saturated rings. The van der Waals surface area contributed by atoms with Crippen molar-refractivity contribution in [1.29, 1.82) is 0 Å². The first-order chi connectivity index (χ1) is 9.61. The molecule has 0 spiro atoms. The van der Waals surface area contributed by atoms with Crippen LogP contribution in [0.2, 0.25) is 0 Å². The Morgan fingerprint density at radius 2 is 2.20 bits per heavy atom. The second-order valence-corrected chi connectivity index (χ2v) is 4.98. The highest BCUT2D eigenvalue weighted by molar-refractivity contribution is 9.08. The minimum Gasteiger partial charge on any atom is -0.370 e. The minimum absolute atomic E-state index is 0.139. The van der Waals surface area contributed by atoms with E-state index in [1.54, 1.807) is 18.3 Å². The molecular weight excluding hydrogens is 322 g/mol.